The minimum atomic E-state index is -1.02. The number of carboxylic acid groups (broad SMARTS) is 1. The van der Waals surface area contributed by atoms with Crippen molar-refractivity contribution >= 4 is 17.7 Å². The number of methoxy groups -OCH3 is 1. The molecule has 36 heavy (non-hydrogen) atoms. The Hall–Kier alpha value is -3.69. The molecule has 2 aliphatic rings. The number of carbonyl (C=O) groups excluding carboxylic acids is 1. The molecule has 2 amide bonds. The number of nitrogens with zero attached hydrogens (tertiary/aromatic N) is 1. The van der Waals surface area contributed by atoms with E-state index in [9.17, 15) is 14.4 Å². The molecule has 3 N–H and O–H groups in total. The van der Waals surface area contributed by atoms with Gasteiger partial charge in [-0.2, -0.15) is 0 Å². The Kier molecular flexibility index (Phi) is 6.64. The van der Waals surface area contributed by atoms with E-state index in [1.807, 2.05) is 13.0 Å². The predicted molar refractivity (Wildman–Crippen MR) is 134 cm³/mol. The fourth-order valence-electron chi connectivity index (χ4n) is 5.38. The van der Waals surface area contributed by atoms with Crippen LogP contribution in [0.5, 0.6) is 17.2 Å². The summed E-state index contributed by atoms with van der Waals surface area (Å²) in [5, 5.41) is 11.6. The van der Waals surface area contributed by atoms with E-state index in [0.29, 0.717) is 46.8 Å². The van der Waals surface area contributed by atoms with Crippen LogP contribution in [0.25, 0.3) is 0 Å². The third-order valence-electron chi connectivity index (χ3n) is 7.28. The Morgan fingerprint density at radius 2 is 1.78 bits per heavy atom. The molecule has 194 valence electrons. The number of amides is 2. The summed E-state index contributed by atoms with van der Waals surface area (Å²) in [4.78, 5) is 41.3. The first-order valence-corrected chi connectivity index (χ1v) is 12.0. The Bertz CT molecular complexity index is 1260. The predicted octanol–water partition coefficient (Wildman–Crippen LogP) is 3.90. The van der Waals surface area contributed by atoms with Crippen LogP contribution < -0.4 is 30.0 Å². The van der Waals surface area contributed by atoms with Gasteiger partial charge < -0.3 is 34.5 Å². The van der Waals surface area contributed by atoms with Crippen LogP contribution in [-0.2, 0) is 0 Å². The third-order valence-corrected chi connectivity index (χ3v) is 7.28. The molecule has 1 aromatic carbocycles. The van der Waals surface area contributed by atoms with E-state index in [2.05, 4.69) is 10.3 Å². The number of carbonyl (C=O) groups is 2. The maximum Gasteiger partial charge on any atom is 0.404 e. The van der Waals surface area contributed by atoms with Gasteiger partial charge in [-0.15, -0.1) is 0 Å². The summed E-state index contributed by atoms with van der Waals surface area (Å²) in [5.41, 5.74) is 2.28. The third kappa shape index (κ3) is 4.47. The Labute approximate surface area is 209 Å². The average molecular weight is 500 g/mol. The van der Waals surface area contributed by atoms with E-state index in [1.165, 1.54) is 12.0 Å². The summed E-state index contributed by atoms with van der Waals surface area (Å²) in [7, 11) is 3.07. The van der Waals surface area contributed by atoms with Gasteiger partial charge in [0.25, 0.3) is 17.3 Å². The summed E-state index contributed by atoms with van der Waals surface area (Å²) in [5.74, 6) is -0.0834. The van der Waals surface area contributed by atoms with Crippen molar-refractivity contribution in [3.63, 3.8) is 0 Å². The van der Waals surface area contributed by atoms with Gasteiger partial charge >= 0.3 is 6.09 Å². The number of ether oxygens (including phenoxy) is 3. The van der Waals surface area contributed by atoms with Gasteiger partial charge in [0.15, 0.2) is 11.5 Å². The summed E-state index contributed by atoms with van der Waals surface area (Å²) >= 11 is 0. The van der Waals surface area contributed by atoms with Crippen LogP contribution in [0.4, 0.5) is 10.5 Å². The minimum Gasteiger partial charge on any atom is -0.493 e. The Morgan fingerprint density at radius 1 is 1.14 bits per heavy atom. The van der Waals surface area contributed by atoms with Crippen LogP contribution in [0.15, 0.2) is 16.9 Å². The second-order valence-electron chi connectivity index (χ2n) is 9.81. The standard InChI is InChI=1S/C26H33N3O7/c1-13-11-14(2)27-23(30)20(13)29(5)24(31)18-12-19(34-6)22-21(15(18)3)35-26(4,36-22)16-7-9-17(10-8-16)28-25(32)33/h11-12,16-17,28H,7-10H2,1-6H3,(H,27,30)(H,32,33). The van der Waals surface area contributed by atoms with Crippen LogP contribution in [-0.4, -0.2) is 48.1 Å². The highest BCUT2D eigenvalue weighted by Crippen LogP contribution is 2.53. The topological polar surface area (TPSA) is 130 Å². The second-order valence-corrected chi connectivity index (χ2v) is 9.81. The Morgan fingerprint density at radius 3 is 2.36 bits per heavy atom. The number of benzene rings is 1. The molecule has 1 aromatic heterocycles. The summed E-state index contributed by atoms with van der Waals surface area (Å²) in [6, 6.07) is 3.35. The number of aryl methyl sites for hydroxylation is 2. The van der Waals surface area contributed by atoms with Crippen LogP contribution in [0.1, 0.15) is 59.8 Å². The van der Waals surface area contributed by atoms with Crippen molar-refractivity contribution in [3.8, 4) is 17.2 Å². The number of rotatable bonds is 5. The zero-order valence-corrected chi connectivity index (χ0v) is 21.5. The lowest BCUT2D eigenvalue weighted by Gasteiger charge is -2.37. The monoisotopic (exact) mass is 499 g/mol. The SMILES string of the molecule is COc1cc(C(=O)N(C)c2c(C)cc(C)[nH]c2=O)c(C)c2c1OC(C)(C1CCC(NC(=O)O)CC1)O2. The number of anilines is 1. The van der Waals surface area contributed by atoms with Crippen molar-refractivity contribution < 1.29 is 28.9 Å². The number of H-pyrrole nitrogens is 1. The van der Waals surface area contributed by atoms with Gasteiger partial charge in [-0.25, -0.2) is 4.79 Å². The van der Waals surface area contributed by atoms with E-state index < -0.39 is 11.9 Å². The summed E-state index contributed by atoms with van der Waals surface area (Å²) in [6.45, 7) is 7.23. The first-order valence-electron chi connectivity index (χ1n) is 12.0. The van der Waals surface area contributed by atoms with Gasteiger partial charge in [0.05, 0.1) is 12.7 Å². The number of nitrogens with one attached hydrogen (secondary N) is 2. The number of pyridine rings is 1. The molecule has 10 nitrogen and oxygen atoms in total. The maximum atomic E-state index is 13.6. The molecule has 2 heterocycles. The quantitative estimate of drug-likeness (QED) is 0.569. The van der Waals surface area contributed by atoms with Crippen LogP contribution >= 0.6 is 0 Å². The maximum absolute atomic E-state index is 13.6. The van der Waals surface area contributed by atoms with Crippen molar-refractivity contribution in [2.24, 2.45) is 5.92 Å². The van der Waals surface area contributed by atoms with Gasteiger partial charge in [0.1, 0.15) is 5.69 Å². The minimum absolute atomic E-state index is 0.0245. The lowest BCUT2D eigenvalue weighted by molar-refractivity contribution is -0.121. The molecule has 1 aliphatic carbocycles. The number of aromatic nitrogens is 1. The molecular formula is C26H33N3O7. The largest absolute Gasteiger partial charge is 0.493 e. The van der Waals surface area contributed by atoms with Gasteiger partial charge in [-0.3, -0.25) is 9.59 Å². The van der Waals surface area contributed by atoms with Gasteiger partial charge in [0.2, 0.25) is 5.75 Å². The number of hydrogen-bond acceptors (Lipinski definition) is 6. The Balaban J connectivity index is 1.63. The normalized spacial score (nSPS) is 22.7. The molecular weight excluding hydrogens is 466 g/mol. The van der Waals surface area contributed by atoms with Crippen molar-refractivity contribution in [1.82, 2.24) is 10.3 Å². The molecule has 0 radical (unpaired) electrons. The molecule has 1 fully saturated rings. The molecule has 0 saturated heterocycles. The van der Waals surface area contributed by atoms with Gasteiger partial charge in [-0.1, -0.05) is 0 Å². The van der Waals surface area contributed by atoms with Crippen molar-refractivity contribution in [2.75, 3.05) is 19.1 Å². The van der Waals surface area contributed by atoms with Crippen molar-refractivity contribution in [1.29, 1.82) is 0 Å². The fourth-order valence-corrected chi connectivity index (χ4v) is 5.38. The first kappa shape index (κ1) is 25.4. The first-order chi connectivity index (χ1) is 16.9. The zero-order valence-electron chi connectivity index (χ0n) is 21.5. The van der Waals surface area contributed by atoms with Gasteiger partial charge in [0, 0.05) is 37.2 Å². The molecule has 1 saturated carbocycles. The summed E-state index contributed by atoms with van der Waals surface area (Å²) < 4.78 is 18.3. The molecule has 4 rings (SSSR count). The van der Waals surface area contributed by atoms with Crippen molar-refractivity contribution in [3.05, 3.63) is 44.9 Å². The molecule has 2 aromatic rings. The van der Waals surface area contributed by atoms with Crippen LogP contribution in [0.2, 0.25) is 0 Å². The van der Waals surface area contributed by atoms with E-state index in [4.69, 9.17) is 19.3 Å². The van der Waals surface area contributed by atoms with Crippen LogP contribution in [0, 0.1) is 26.7 Å². The highest BCUT2D eigenvalue weighted by molar-refractivity contribution is 6.08. The van der Waals surface area contributed by atoms with Crippen molar-refractivity contribution in [2.45, 2.75) is 65.2 Å². The van der Waals surface area contributed by atoms with E-state index in [-0.39, 0.29) is 29.1 Å². The molecule has 0 spiro atoms. The number of fused-ring (bicyclic) bond motifs is 1. The lowest BCUT2D eigenvalue weighted by Crippen LogP contribution is -2.47. The molecule has 1 aliphatic heterocycles. The number of hydrogen-bond donors (Lipinski definition) is 3. The van der Waals surface area contributed by atoms with E-state index in [0.717, 1.165) is 18.5 Å². The molecule has 10 heteroatoms. The second kappa shape index (κ2) is 9.40. The highest BCUT2D eigenvalue weighted by Gasteiger charge is 2.48. The van der Waals surface area contributed by atoms with Crippen LogP contribution in [0.3, 0.4) is 0 Å². The zero-order chi connectivity index (χ0) is 26.4. The molecule has 0 bridgehead atoms. The van der Waals surface area contributed by atoms with E-state index >= 15 is 0 Å². The molecule has 1 atom stereocenters. The molecule has 1 unspecified atom stereocenters. The van der Waals surface area contributed by atoms with Gasteiger partial charge in [-0.05, 0) is 64.2 Å². The fraction of sp³-hybridized carbons (Fsp3) is 0.500. The smallest absolute Gasteiger partial charge is 0.404 e. The summed E-state index contributed by atoms with van der Waals surface area (Å²) in [6.07, 6.45) is 1.80. The average Bonchev–Trinajstić information content (AvgIpc) is 3.17. The lowest BCUT2D eigenvalue weighted by atomic mass is 9.81. The number of aromatic amines is 1. The van der Waals surface area contributed by atoms with E-state index in [1.54, 1.807) is 33.9 Å². The highest BCUT2D eigenvalue weighted by atomic mass is 16.7.